The van der Waals surface area contributed by atoms with Gasteiger partial charge in [-0.1, -0.05) is 45.0 Å². The maximum Gasteiger partial charge on any atom is 0.323 e. The molecule has 2 rings (SSSR count). The highest BCUT2D eigenvalue weighted by atomic mass is 32.2. The molecule has 2 amide bonds. The van der Waals surface area contributed by atoms with Crippen LogP contribution in [0.3, 0.4) is 0 Å². The van der Waals surface area contributed by atoms with Crippen LogP contribution in [0, 0.1) is 0 Å². The molecule has 0 aliphatic carbocycles. The van der Waals surface area contributed by atoms with Crippen LogP contribution in [0.1, 0.15) is 31.9 Å². The van der Waals surface area contributed by atoms with Crippen LogP contribution >= 0.6 is 11.8 Å². The number of hydrogen-bond donors (Lipinski definition) is 1. The van der Waals surface area contributed by atoms with E-state index in [1.165, 1.54) is 5.56 Å². The van der Waals surface area contributed by atoms with Crippen molar-refractivity contribution >= 4 is 35.0 Å². The van der Waals surface area contributed by atoms with Gasteiger partial charge in [-0.25, -0.2) is 0 Å². The number of aliphatic carboxylic acids is 1. The number of thioether (sulfide) groups is 1. The predicted molar refractivity (Wildman–Crippen MR) is 85.5 cm³/mol. The number of carbonyl (C=O) groups excluding carboxylic acids is 2. The number of amides is 2. The van der Waals surface area contributed by atoms with Crippen molar-refractivity contribution in [1.29, 1.82) is 0 Å². The van der Waals surface area contributed by atoms with Gasteiger partial charge < -0.3 is 5.11 Å². The van der Waals surface area contributed by atoms with Crippen molar-refractivity contribution in [3.8, 4) is 0 Å². The molecule has 1 aromatic rings. The number of carboxylic acids is 1. The molecule has 0 aromatic heterocycles. The average Bonchev–Trinajstić information content (AvgIpc) is 2.66. The van der Waals surface area contributed by atoms with Gasteiger partial charge in [0, 0.05) is 0 Å². The van der Waals surface area contributed by atoms with Crippen molar-refractivity contribution < 1.29 is 19.5 Å². The first-order valence-corrected chi connectivity index (χ1v) is 7.58. The molecule has 6 heteroatoms. The summed E-state index contributed by atoms with van der Waals surface area (Å²) in [5.74, 6) is -1.77. The van der Waals surface area contributed by atoms with Crippen LogP contribution in [0.15, 0.2) is 29.2 Å². The van der Waals surface area contributed by atoms with E-state index >= 15 is 0 Å². The molecule has 1 saturated heterocycles. The van der Waals surface area contributed by atoms with Crippen molar-refractivity contribution in [2.75, 3.05) is 6.54 Å². The lowest BCUT2D eigenvalue weighted by Crippen LogP contribution is -2.33. The Morgan fingerprint density at radius 2 is 1.82 bits per heavy atom. The molecule has 116 valence electrons. The maximum absolute atomic E-state index is 12.0. The lowest BCUT2D eigenvalue weighted by Gasteiger charge is -2.18. The van der Waals surface area contributed by atoms with Gasteiger partial charge in [0.1, 0.15) is 6.54 Å². The van der Waals surface area contributed by atoms with Crippen molar-refractivity contribution in [2.45, 2.75) is 26.2 Å². The van der Waals surface area contributed by atoms with Gasteiger partial charge in [0.05, 0.1) is 4.91 Å². The Bertz CT molecular complexity index is 656. The number of nitrogens with zero attached hydrogens (tertiary/aromatic N) is 1. The van der Waals surface area contributed by atoms with Gasteiger partial charge in [0.15, 0.2) is 0 Å². The van der Waals surface area contributed by atoms with Gasteiger partial charge in [-0.3, -0.25) is 19.3 Å². The molecule has 1 heterocycles. The fraction of sp³-hybridized carbons (Fsp3) is 0.312. The quantitative estimate of drug-likeness (QED) is 0.867. The van der Waals surface area contributed by atoms with Crippen LogP contribution in [0.25, 0.3) is 6.08 Å². The minimum Gasteiger partial charge on any atom is -0.480 e. The summed E-state index contributed by atoms with van der Waals surface area (Å²) in [4.78, 5) is 35.4. The largest absolute Gasteiger partial charge is 0.480 e. The first-order valence-electron chi connectivity index (χ1n) is 6.76. The van der Waals surface area contributed by atoms with Gasteiger partial charge in [-0.05, 0) is 34.4 Å². The summed E-state index contributed by atoms with van der Waals surface area (Å²) in [5.41, 5.74) is 2.01. The predicted octanol–water partition coefficient (Wildman–Crippen LogP) is 3.11. The highest BCUT2D eigenvalue weighted by molar-refractivity contribution is 8.18. The third-order valence-corrected chi connectivity index (χ3v) is 4.15. The van der Waals surface area contributed by atoms with Crippen LogP contribution in [0.4, 0.5) is 4.79 Å². The standard InChI is InChI=1S/C16H17NO4S/c1-16(2,3)11-6-4-10(5-7-11)8-12-14(20)17(9-13(18)19)15(21)22-12/h4-8H,9H2,1-3H3,(H,18,19). The number of imide groups is 1. The summed E-state index contributed by atoms with van der Waals surface area (Å²) < 4.78 is 0. The topological polar surface area (TPSA) is 74.7 Å². The smallest absolute Gasteiger partial charge is 0.323 e. The Balaban J connectivity index is 2.22. The van der Waals surface area contributed by atoms with Crippen LogP contribution in [-0.4, -0.2) is 33.7 Å². The summed E-state index contributed by atoms with van der Waals surface area (Å²) in [7, 11) is 0. The molecule has 0 bridgehead atoms. The second-order valence-electron chi connectivity index (χ2n) is 6.03. The molecule has 0 atom stereocenters. The van der Waals surface area contributed by atoms with E-state index in [4.69, 9.17) is 5.11 Å². The third-order valence-electron chi connectivity index (χ3n) is 3.24. The number of hydrogen-bond acceptors (Lipinski definition) is 4. The fourth-order valence-electron chi connectivity index (χ4n) is 2.00. The Morgan fingerprint density at radius 1 is 1.23 bits per heavy atom. The van der Waals surface area contributed by atoms with Crippen molar-refractivity contribution in [3.05, 3.63) is 40.3 Å². The summed E-state index contributed by atoms with van der Waals surface area (Å²) >= 11 is 0.764. The molecule has 1 aromatic carbocycles. The molecule has 5 nitrogen and oxygen atoms in total. The lowest BCUT2D eigenvalue weighted by molar-refractivity contribution is -0.140. The zero-order valence-electron chi connectivity index (χ0n) is 12.6. The van der Waals surface area contributed by atoms with E-state index in [0.717, 1.165) is 22.2 Å². The molecule has 0 saturated carbocycles. The number of benzene rings is 1. The third kappa shape index (κ3) is 3.57. The Labute approximate surface area is 133 Å². The van der Waals surface area contributed by atoms with Crippen LogP contribution in [0.5, 0.6) is 0 Å². The van der Waals surface area contributed by atoms with Gasteiger partial charge in [0.25, 0.3) is 11.1 Å². The van der Waals surface area contributed by atoms with Gasteiger partial charge in [-0.2, -0.15) is 0 Å². The molecular formula is C16H17NO4S. The van der Waals surface area contributed by atoms with Crippen LogP contribution in [-0.2, 0) is 15.0 Å². The van der Waals surface area contributed by atoms with Gasteiger partial charge in [0.2, 0.25) is 0 Å². The molecule has 1 aliphatic heterocycles. The van der Waals surface area contributed by atoms with Crippen molar-refractivity contribution in [2.24, 2.45) is 0 Å². The van der Waals surface area contributed by atoms with Crippen molar-refractivity contribution in [3.63, 3.8) is 0 Å². The Morgan fingerprint density at radius 3 is 2.32 bits per heavy atom. The molecule has 22 heavy (non-hydrogen) atoms. The van der Waals surface area contributed by atoms with Crippen LogP contribution in [0.2, 0.25) is 0 Å². The van der Waals surface area contributed by atoms with Gasteiger partial charge >= 0.3 is 5.97 Å². The molecule has 1 aliphatic rings. The molecule has 0 unspecified atom stereocenters. The van der Waals surface area contributed by atoms with E-state index in [0.29, 0.717) is 0 Å². The summed E-state index contributed by atoms with van der Waals surface area (Å²) in [6, 6.07) is 7.72. The van der Waals surface area contributed by atoms with E-state index in [1.54, 1.807) is 6.08 Å². The van der Waals surface area contributed by atoms with Crippen molar-refractivity contribution in [1.82, 2.24) is 4.90 Å². The molecule has 1 fully saturated rings. The van der Waals surface area contributed by atoms with Crippen LogP contribution < -0.4 is 0 Å². The van der Waals surface area contributed by atoms with E-state index < -0.39 is 23.7 Å². The number of rotatable bonds is 3. The molecule has 0 radical (unpaired) electrons. The minimum absolute atomic E-state index is 0.0395. The highest BCUT2D eigenvalue weighted by Gasteiger charge is 2.36. The zero-order chi connectivity index (χ0) is 16.5. The SMILES string of the molecule is CC(C)(C)c1ccc(C=C2SC(=O)N(CC(=O)O)C2=O)cc1. The lowest BCUT2D eigenvalue weighted by atomic mass is 9.87. The second kappa shape index (κ2) is 5.96. The molecule has 1 N–H and O–H groups in total. The Kier molecular flexibility index (Phi) is 4.42. The molecule has 0 spiro atoms. The summed E-state index contributed by atoms with van der Waals surface area (Å²) in [5, 5.41) is 8.17. The van der Waals surface area contributed by atoms with E-state index in [2.05, 4.69) is 20.8 Å². The summed E-state index contributed by atoms with van der Waals surface area (Å²) in [6.07, 6.45) is 1.61. The average molecular weight is 319 g/mol. The minimum atomic E-state index is -1.21. The first kappa shape index (κ1) is 16.3. The number of carboxylic acid groups (broad SMARTS) is 1. The van der Waals surface area contributed by atoms with Gasteiger partial charge in [-0.15, -0.1) is 0 Å². The number of carbonyl (C=O) groups is 3. The monoisotopic (exact) mass is 319 g/mol. The van der Waals surface area contributed by atoms with E-state index in [9.17, 15) is 14.4 Å². The maximum atomic E-state index is 12.0. The van der Waals surface area contributed by atoms with E-state index in [-0.39, 0.29) is 10.3 Å². The Hall–Kier alpha value is -2.08. The fourth-order valence-corrected chi connectivity index (χ4v) is 2.84. The zero-order valence-corrected chi connectivity index (χ0v) is 13.4. The second-order valence-corrected chi connectivity index (χ2v) is 7.03. The van der Waals surface area contributed by atoms with E-state index in [1.807, 2.05) is 24.3 Å². The first-order chi connectivity index (χ1) is 10.2. The normalized spacial score (nSPS) is 17.4. The molecular weight excluding hydrogens is 302 g/mol. The summed E-state index contributed by atoms with van der Waals surface area (Å²) in [6.45, 7) is 5.72. The highest BCUT2D eigenvalue weighted by Crippen LogP contribution is 2.32.